The summed E-state index contributed by atoms with van der Waals surface area (Å²) >= 11 is 0. The van der Waals surface area contributed by atoms with Crippen LogP contribution in [0.2, 0.25) is 0 Å². The number of hydrogen-bond donors (Lipinski definition) is 1. The van der Waals surface area contributed by atoms with E-state index in [4.69, 9.17) is 0 Å². The Morgan fingerprint density at radius 3 is 2.50 bits per heavy atom. The SMILES string of the molecule is CC(C)CC1CCCN(CC2CCNCC2)C1.Cl. The van der Waals surface area contributed by atoms with Crippen molar-refractivity contribution in [2.24, 2.45) is 17.8 Å². The van der Waals surface area contributed by atoms with E-state index < -0.39 is 0 Å². The standard InChI is InChI=1S/C15H30N2.ClH/c1-13(2)10-15-4-3-9-17(12-15)11-14-5-7-16-8-6-14;/h13-16H,3-12H2,1-2H3;1H. The number of halogens is 1. The summed E-state index contributed by atoms with van der Waals surface area (Å²) in [5.41, 5.74) is 0. The minimum atomic E-state index is 0. The zero-order chi connectivity index (χ0) is 12.1. The van der Waals surface area contributed by atoms with Crippen LogP contribution in [-0.2, 0) is 0 Å². The Bertz CT molecular complexity index is 215. The first-order valence-electron chi connectivity index (χ1n) is 7.67. The quantitative estimate of drug-likeness (QED) is 0.847. The van der Waals surface area contributed by atoms with Gasteiger partial charge in [0.1, 0.15) is 0 Å². The molecule has 0 aromatic rings. The van der Waals surface area contributed by atoms with Crippen LogP contribution in [0.1, 0.15) is 46.0 Å². The average molecular weight is 275 g/mol. The molecule has 3 heteroatoms. The molecule has 1 N–H and O–H groups in total. The lowest BCUT2D eigenvalue weighted by atomic mass is 9.88. The van der Waals surface area contributed by atoms with Crippen LogP contribution >= 0.6 is 12.4 Å². The highest BCUT2D eigenvalue weighted by Crippen LogP contribution is 2.24. The number of likely N-dealkylation sites (tertiary alicyclic amines) is 1. The van der Waals surface area contributed by atoms with Gasteiger partial charge in [0.05, 0.1) is 0 Å². The fourth-order valence-corrected chi connectivity index (χ4v) is 3.61. The molecular weight excluding hydrogens is 244 g/mol. The van der Waals surface area contributed by atoms with Gasteiger partial charge in [-0.2, -0.15) is 0 Å². The molecule has 2 aliphatic heterocycles. The maximum absolute atomic E-state index is 3.47. The molecule has 18 heavy (non-hydrogen) atoms. The van der Waals surface area contributed by atoms with Gasteiger partial charge in [0.15, 0.2) is 0 Å². The second-order valence-corrected chi connectivity index (χ2v) is 6.59. The van der Waals surface area contributed by atoms with Crippen molar-refractivity contribution < 1.29 is 0 Å². The van der Waals surface area contributed by atoms with Crippen LogP contribution in [0.4, 0.5) is 0 Å². The van der Waals surface area contributed by atoms with E-state index in [0.717, 1.165) is 17.8 Å². The number of rotatable bonds is 4. The van der Waals surface area contributed by atoms with Crippen molar-refractivity contribution in [3.63, 3.8) is 0 Å². The van der Waals surface area contributed by atoms with Crippen molar-refractivity contribution in [3.05, 3.63) is 0 Å². The van der Waals surface area contributed by atoms with Crippen LogP contribution in [0.15, 0.2) is 0 Å². The van der Waals surface area contributed by atoms with Crippen molar-refractivity contribution >= 4 is 12.4 Å². The van der Waals surface area contributed by atoms with Gasteiger partial charge in [-0.3, -0.25) is 0 Å². The maximum atomic E-state index is 3.47. The van der Waals surface area contributed by atoms with Crippen LogP contribution < -0.4 is 5.32 Å². The second kappa shape index (κ2) is 8.39. The van der Waals surface area contributed by atoms with E-state index >= 15 is 0 Å². The van der Waals surface area contributed by atoms with Crippen LogP contribution in [0, 0.1) is 17.8 Å². The fourth-order valence-electron chi connectivity index (χ4n) is 3.61. The normalized spacial score (nSPS) is 27.2. The molecule has 0 aliphatic carbocycles. The van der Waals surface area contributed by atoms with Gasteiger partial charge in [0, 0.05) is 13.1 Å². The summed E-state index contributed by atoms with van der Waals surface area (Å²) < 4.78 is 0. The predicted molar refractivity (Wildman–Crippen MR) is 81.5 cm³/mol. The maximum Gasteiger partial charge on any atom is 0.00107 e. The molecule has 0 aromatic heterocycles. The summed E-state index contributed by atoms with van der Waals surface area (Å²) in [5.74, 6) is 2.82. The molecule has 0 radical (unpaired) electrons. The summed E-state index contributed by atoms with van der Waals surface area (Å²) in [6, 6.07) is 0. The first kappa shape index (κ1) is 16.3. The van der Waals surface area contributed by atoms with E-state index in [-0.39, 0.29) is 12.4 Å². The first-order chi connectivity index (χ1) is 8.24. The van der Waals surface area contributed by atoms with E-state index in [9.17, 15) is 0 Å². The molecule has 0 amide bonds. The summed E-state index contributed by atoms with van der Waals surface area (Å²) in [6.07, 6.45) is 7.13. The molecule has 2 saturated heterocycles. The van der Waals surface area contributed by atoms with Gasteiger partial charge in [-0.25, -0.2) is 0 Å². The minimum Gasteiger partial charge on any atom is -0.317 e. The van der Waals surface area contributed by atoms with Crippen LogP contribution in [0.25, 0.3) is 0 Å². The average Bonchev–Trinajstić information content (AvgIpc) is 2.30. The van der Waals surface area contributed by atoms with E-state index in [1.807, 2.05) is 0 Å². The molecule has 108 valence electrons. The largest absolute Gasteiger partial charge is 0.317 e. The third-order valence-electron chi connectivity index (χ3n) is 4.38. The number of nitrogens with one attached hydrogen (secondary N) is 1. The highest BCUT2D eigenvalue weighted by atomic mass is 35.5. The Balaban J connectivity index is 0.00000162. The number of nitrogens with zero attached hydrogens (tertiary/aromatic N) is 1. The zero-order valence-electron chi connectivity index (χ0n) is 12.2. The minimum absolute atomic E-state index is 0. The van der Waals surface area contributed by atoms with E-state index in [1.54, 1.807) is 0 Å². The van der Waals surface area contributed by atoms with E-state index in [2.05, 4.69) is 24.1 Å². The molecule has 2 nitrogen and oxygen atoms in total. The Morgan fingerprint density at radius 2 is 1.83 bits per heavy atom. The van der Waals surface area contributed by atoms with Crippen molar-refractivity contribution in [1.29, 1.82) is 0 Å². The Labute approximate surface area is 119 Å². The lowest BCUT2D eigenvalue weighted by Crippen LogP contribution is -2.41. The van der Waals surface area contributed by atoms with Crippen molar-refractivity contribution in [2.45, 2.75) is 46.0 Å². The van der Waals surface area contributed by atoms with Crippen molar-refractivity contribution in [2.75, 3.05) is 32.7 Å². The monoisotopic (exact) mass is 274 g/mol. The molecule has 1 unspecified atom stereocenters. The van der Waals surface area contributed by atoms with Crippen molar-refractivity contribution in [1.82, 2.24) is 10.2 Å². The summed E-state index contributed by atoms with van der Waals surface area (Å²) in [6.45, 7) is 11.3. The topological polar surface area (TPSA) is 15.3 Å². The molecule has 0 aromatic carbocycles. The molecule has 0 saturated carbocycles. The molecule has 2 aliphatic rings. The Morgan fingerprint density at radius 1 is 1.11 bits per heavy atom. The smallest absolute Gasteiger partial charge is 0.00107 e. The highest BCUT2D eigenvalue weighted by molar-refractivity contribution is 5.85. The van der Waals surface area contributed by atoms with Gasteiger partial charge < -0.3 is 10.2 Å². The molecule has 2 heterocycles. The van der Waals surface area contributed by atoms with Gasteiger partial charge >= 0.3 is 0 Å². The summed E-state index contributed by atoms with van der Waals surface area (Å²) in [5, 5.41) is 3.47. The van der Waals surface area contributed by atoms with Gasteiger partial charge in [0.25, 0.3) is 0 Å². The second-order valence-electron chi connectivity index (χ2n) is 6.59. The molecule has 0 bridgehead atoms. The first-order valence-corrected chi connectivity index (χ1v) is 7.67. The lowest BCUT2D eigenvalue weighted by Gasteiger charge is -2.36. The zero-order valence-corrected chi connectivity index (χ0v) is 13.0. The summed E-state index contributed by atoms with van der Waals surface area (Å²) in [4.78, 5) is 2.76. The van der Waals surface area contributed by atoms with Crippen LogP contribution in [0.3, 0.4) is 0 Å². The predicted octanol–water partition coefficient (Wildman–Crippen LogP) is 3.17. The third kappa shape index (κ3) is 5.46. The van der Waals surface area contributed by atoms with Gasteiger partial charge in [-0.1, -0.05) is 13.8 Å². The van der Waals surface area contributed by atoms with Crippen LogP contribution in [0.5, 0.6) is 0 Å². The molecule has 2 fully saturated rings. The van der Waals surface area contributed by atoms with Gasteiger partial charge in [0.2, 0.25) is 0 Å². The van der Waals surface area contributed by atoms with Crippen molar-refractivity contribution in [3.8, 4) is 0 Å². The molecule has 1 atom stereocenters. The fraction of sp³-hybridized carbons (Fsp3) is 1.00. The highest BCUT2D eigenvalue weighted by Gasteiger charge is 2.23. The van der Waals surface area contributed by atoms with E-state index in [0.29, 0.717) is 0 Å². The Hall–Kier alpha value is 0.210. The molecule has 0 spiro atoms. The lowest BCUT2D eigenvalue weighted by molar-refractivity contribution is 0.130. The number of piperidine rings is 2. The van der Waals surface area contributed by atoms with Gasteiger partial charge in [-0.05, 0) is 69.5 Å². The van der Waals surface area contributed by atoms with E-state index in [1.165, 1.54) is 64.8 Å². The summed E-state index contributed by atoms with van der Waals surface area (Å²) in [7, 11) is 0. The van der Waals surface area contributed by atoms with Crippen LogP contribution in [-0.4, -0.2) is 37.6 Å². The molecule has 2 rings (SSSR count). The third-order valence-corrected chi connectivity index (χ3v) is 4.38. The molecular formula is C15H31ClN2. The van der Waals surface area contributed by atoms with Gasteiger partial charge in [-0.15, -0.1) is 12.4 Å². The number of hydrogen-bond acceptors (Lipinski definition) is 2. The Kier molecular flexibility index (Phi) is 7.59.